The fraction of sp³-hybridized carbons (Fsp3) is 0.650. The number of aromatic nitrogens is 1. The summed E-state index contributed by atoms with van der Waals surface area (Å²) in [7, 11) is 1.75. The zero-order valence-electron chi connectivity index (χ0n) is 16.5. The Hall–Kier alpha value is -2.35. The van der Waals surface area contributed by atoms with Crippen molar-refractivity contribution in [3.05, 3.63) is 34.2 Å². The van der Waals surface area contributed by atoms with E-state index in [0.717, 1.165) is 38.0 Å². The lowest BCUT2D eigenvalue weighted by atomic mass is 10.0. The molecule has 0 N–H and O–H groups in total. The first-order valence-electron chi connectivity index (χ1n) is 10.1. The van der Waals surface area contributed by atoms with Gasteiger partial charge in [-0.2, -0.15) is 0 Å². The standard InChI is InChI=1S/C20H28N4O4/c1-3-18(25)23-12-16-17(13-23)28-20(27)24(16)15-5-8-22(9-6-15)11-14-4-7-21(2)19(26)10-14/h4,7,10,15-17H,3,5-6,8-9,11-13H2,1-2H3/t16-,17+/m1/s1. The Morgan fingerprint density at radius 3 is 2.64 bits per heavy atom. The number of hydrogen-bond donors (Lipinski definition) is 0. The summed E-state index contributed by atoms with van der Waals surface area (Å²) < 4.78 is 7.13. The molecule has 0 aliphatic carbocycles. The van der Waals surface area contributed by atoms with Crippen LogP contribution in [0.3, 0.4) is 0 Å². The summed E-state index contributed by atoms with van der Waals surface area (Å²) in [6, 6.07) is 3.80. The van der Waals surface area contributed by atoms with Crippen LogP contribution in [0.1, 0.15) is 31.7 Å². The van der Waals surface area contributed by atoms with Crippen LogP contribution in [0, 0.1) is 0 Å². The number of carbonyl (C=O) groups is 2. The van der Waals surface area contributed by atoms with Crippen molar-refractivity contribution in [1.82, 2.24) is 19.3 Å². The highest BCUT2D eigenvalue weighted by Gasteiger charge is 2.51. The molecule has 0 radical (unpaired) electrons. The van der Waals surface area contributed by atoms with Gasteiger partial charge >= 0.3 is 6.09 Å². The van der Waals surface area contributed by atoms with Crippen LogP contribution in [0.4, 0.5) is 4.79 Å². The average molecular weight is 388 g/mol. The third kappa shape index (κ3) is 3.53. The number of ether oxygens (including phenoxy) is 1. The summed E-state index contributed by atoms with van der Waals surface area (Å²) in [6.07, 6.45) is 3.61. The average Bonchev–Trinajstić information content (AvgIpc) is 3.21. The van der Waals surface area contributed by atoms with E-state index >= 15 is 0 Å². The topological polar surface area (TPSA) is 75.1 Å². The van der Waals surface area contributed by atoms with Crippen molar-refractivity contribution in [1.29, 1.82) is 0 Å². The van der Waals surface area contributed by atoms with Gasteiger partial charge in [0.2, 0.25) is 5.91 Å². The Kier molecular flexibility index (Phi) is 5.14. The molecule has 3 fully saturated rings. The zero-order valence-corrected chi connectivity index (χ0v) is 16.5. The minimum absolute atomic E-state index is 0.00524. The van der Waals surface area contributed by atoms with Crippen molar-refractivity contribution >= 4 is 12.0 Å². The third-order valence-electron chi connectivity index (χ3n) is 6.24. The number of rotatable bonds is 4. The minimum atomic E-state index is -0.233. The highest BCUT2D eigenvalue weighted by Crippen LogP contribution is 2.32. The van der Waals surface area contributed by atoms with Gasteiger partial charge in [0.25, 0.3) is 5.56 Å². The molecular formula is C20H28N4O4. The van der Waals surface area contributed by atoms with Gasteiger partial charge in [0.15, 0.2) is 0 Å². The molecule has 4 heterocycles. The van der Waals surface area contributed by atoms with Crippen LogP contribution < -0.4 is 5.56 Å². The SMILES string of the molecule is CCC(=O)N1C[C@@H]2OC(=O)N(C3CCN(Cc4ccn(C)c(=O)c4)CC3)[C@@H]2C1. The van der Waals surface area contributed by atoms with Crippen LogP contribution in [0.5, 0.6) is 0 Å². The first-order chi connectivity index (χ1) is 13.5. The van der Waals surface area contributed by atoms with E-state index < -0.39 is 0 Å². The van der Waals surface area contributed by atoms with Gasteiger partial charge in [-0.25, -0.2) is 4.79 Å². The molecule has 0 unspecified atom stereocenters. The molecule has 0 saturated carbocycles. The molecule has 8 heteroatoms. The number of nitrogens with zero attached hydrogens (tertiary/aromatic N) is 4. The largest absolute Gasteiger partial charge is 0.442 e. The van der Waals surface area contributed by atoms with E-state index in [0.29, 0.717) is 19.5 Å². The highest BCUT2D eigenvalue weighted by atomic mass is 16.6. The molecule has 3 saturated heterocycles. The van der Waals surface area contributed by atoms with E-state index in [1.807, 2.05) is 22.8 Å². The molecule has 4 rings (SSSR count). The molecule has 0 spiro atoms. The zero-order chi connectivity index (χ0) is 19.8. The van der Waals surface area contributed by atoms with E-state index in [-0.39, 0.29) is 35.7 Å². The lowest BCUT2D eigenvalue weighted by Crippen LogP contribution is -2.50. The lowest BCUT2D eigenvalue weighted by Gasteiger charge is -2.37. The number of aryl methyl sites for hydroxylation is 1. The summed E-state index contributed by atoms with van der Waals surface area (Å²) >= 11 is 0. The molecule has 3 aliphatic rings. The van der Waals surface area contributed by atoms with Gasteiger partial charge in [-0.1, -0.05) is 6.92 Å². The van der Waals surface area contributed by atoms with Crippen LogP contribution >= 0.6 is 0 Å². The molecule has 2 amide bonds. The summed E-state index contributed by atoms with van der Waals surface area (Å²) in [5.74, 6) is 0.120. The molecule has 2 atom stereocenters. The van der Waals surface area contributed by atoms with Crippen LogP contribution in [0.25, 0.3) is 0 Å². The van der Waals surface area contributed by atoms with Crippen LogP contribution in [0.15, 0.2) is 23.1 Å². The Morgan fingerprint density at radius 2 is 1.96 bits per heavy atom. The van der Waals surface area contributed by atoms with Gasteiger partial charge in [0.05, 0.1) is 12.6 Å². The lowest BCUT2D eigenvalue weighted by molar-refractivity contribution is -0.130. The number of piperidine rings is 1. The predicted octanol–water partition coefficient (Wildman–Crippen LogP) is 0.791. The van der Waals surface area contributed by atoms with Crippen molar-refractivity contribution in [3.8, 4) is 0 Å². The van der Waals surface area contributed by atoms with Gasteiger partial charge in [0, 0.05) is 58.0 Å². The number of fused-ring (bicyclic) bond motifs is 1. The molecule has 8 nitrogen and oxygen atoms in total. The normalized spacial score (nSPS) is 25.9. The van der Waals surface area contributed by atoms with Crippen LogP contribution in [0.2, 0.25) is 0 Å². The van der Waals surface area contributed by atoms with Gasteiger partial charge < -0.3 is 14.2 Å². The smallest absolute Gasteiger partial charge is 0.410 e. The molecule has 1 aromatic heterocycles. The summed E-state index contributed by atoms with van der Waals surface area (Å²) in [6.45, 7) is 5.45. The van der Waals surface area contributed by atoms with Gasteiger partial charge in [-0.3, -0.25) is 19.4 Å². The Morgan fingerprint density at radius 1 is 1.21 bits per heavy atom. The molecule has 0 aromatic carbocycles. The number of pyridine rings is 1. The molecule has 3 aliphatic heterocycles. The highest BCUT2D eigenvalue weighted by molar-refractivity contribution is 5.77. The maximum atomic E-state index is 12.4. The van der Waals surface area contributed by atoms with Gasteiger partial charge in [0.1, 0.15) is 6.10 Å². The van der Waals surface area contributed by atoms with Crippen LogP contribution in [-0.2, 0) is 23.1 Å². The monoisotopic (exact) mass is 388 g/mol. The summed E-state index contributed by atoms with van der Waals surface area (Å²) in [4.78, 5) is 42.3. The van der Waals surface area contributed by atoms with Crippen LogP contribution in [-0.4, -0.2) is 75.6 Å². The molecule has 1 aromatic rings. The predicted molar refractivity (Wildman–Crippen MR) is 103 cm³/mol. The Balaban J connectivity index is 1.35. The van der Waals surface area contributed by atoms with E-state index in [2.05, 4.69) is 4.90 Å². The summed E-state index contributed by atoms with van der Waals surface area (Å²) in [5, 5.41) is 0. The third-order valence-corrected chi connectivity index (χ3v) is 6.24. The van der Waals surface area contributed by atoms with Crippen molar-refractivity contribution in [3.63, 3.8) is 0 Å². The first-order valence-corrected chi connectivity index (χ1v) is 10.1. The molecule has 28 heavy (non-hydrogen) atoms. The van der Waals surface area contributed by atoms with Gasteiger partial charge in [-0.05, 0) is 24.5 Å². The van der Waals surface area contributed by atoms with Crippen molar-refractivity contribution in [2.45, 2.75) is 50.9 Å². The maximum absolute atomic E-state index is 12.4. The summed E-state index contributed by atoms with van der Waals surface area (Å²) in [5.41, 5.74) is 1.03. The van der Waals surface area contributed by atoms with Crippen molar-refractivity contribution in [2.24, 2.45) is 7.05 Å². The van der Waals surface area contributed by atoms with E-state index in [1.165, 1.54) is 0 Å². The molecular weight excluding hydrogens is 360 g/mol. The molecule has 152 valence electrons. The van der Waals surface area contributed by atoms with Crippen molar-refractivity contribution < 1.29 is 14.3 Å². The molecule has 0 bridgehead atoms. The van der Waals surface area contributed by atoms with Crippen molar-refractivity contribution in [2.75, 3.05) is 26.2 Å². The fourth-order valence-electron chi connectivity index (χ4n) is 4.61. The maximum Gasteiger partial charge on any atom is 0.410 e. The Labute approximate surface area is 164 Å². The number of hydrogen-bond acceptors (Lipinski definition) is 5. The fourth-order valence-corrected chi connectivity index (χ4v) is 4.61. The number of amides is 2. The van der Waals surface area contributed by atoms with E-state index in [1.54, 1.807) is 23.9 Å². The number of carbonyl (C=O) groups excluding carboxylic acids is 2. The quantitative estimate of drug-likeness (QED) is 0.762. The number of likely N-dealkylation sites (tertiary alicyclic amines) is 2. The first kappa shape index (κ1) is 19.0. The minimum Gasteiger partial charge on any atom is -0.442 e. The second kappa shape index (κ2) is 7.58. The van der Waals surface area contributed by atoms with Gasteiger partial charge in [-0.15, -0.1) is 0 Å². The second-order valence-corrected chi connectivity index (χ2v) is 8.04. The Bertz CT molecular complexity index is 815. The van der Waals surface area contributed by atoms with E-state index in [9.17, 15) is 14.4 Å². The van der Waals surface area contributed by atoms with E-state index in [4.69, 9.17) is 4.74 Å². The second-order valence-electron chi connectivity index (χ2n) is 8.04.